The summed E-state index contributed by atoms with van der Waals surface area (Å²) in [6.45, 7) is 0.555. The van der Waals surface area contributed by atoms with Crippen molar-refractivity contribution in [1.82, 2.24) is 4.31 Å². The van der Waals surface area contributed by atoms with Crippen LogP contribution in [-0.2, 0) is 16.8 Å². The fraction of sp³-hybridized carbons (Fsp3) is 0.273. The molecule has 0 radical (unpaired) electrons. The average molecular weight is 253 g/mol. The van der Waals surface area contributed by atoms with Gasteiger partial charge in [-0.1, -0.05) is 24.0 Å². The van der Waals surface area contributed by atoms with Gasteiger partial charge in [-0.05, 0) is 17.7 Å². The van der Waals surface area contributed by atoms with Crippen molar-refractivity contribution >= 4 is 10.2 Å². The molecule has 0 spiro atoms. The molecule has 0 fully saturated rings. The van der Waals surface area contributed by atoms with E-state index in [2.05, 4.69) is 11.8 Å². The quantitative estimate of drug-likeness (QED) is 0.720. The Kier molecular flexibility index (Phi) is 4.66. The van der Waals surface area contributed by atoms with Gasteiger partial charge in [0.25, 0.3) is 10.2 Å². The van der Waals surface area contributed by atoms with E-state index < -0.39 is 10.2 Å². The molecule has 0 saturated carbocycles. The van der Waals surface area contributed by atoms with Crippen LogP contribution < -0.4 is 10.9 Å². The maximum Gasteiger partial charge on any atom is 0.276 e. The molecule has 0 bridgehead atoms. The van der Waals surface area contributed by atoms with Gasteiger partial charge in [-0.25, -0.2) is 5.14 Å². The molecule has 17 heavy (non-hydrogen) atoms. The molecule has 1 rings (SSSR count). The summed E-state index contributed by atoms with van der Waals surface area (Å²) in [7, 11) is -2.21. The number of hydrogen-bond donors (Lipinski definition) is 2. The Morgan fingerprint density at radius 1 is 1.29 bits per heavy atom. The molecule has 0 aliphatic carbocycles. The Hall–Kier alpha value is -1.39. The molecule has 1 aromatic rings. The van der Waals surface area contributed by atoms with Gasteiger partial charge in [0, 0.05) is 19.2 Å². The predicted molar refractivity (Wildman–Crippen MR) is 66.9 cm³/mol. The minimum absolute atomic E-state index is 0.240. The van der Waals surface area contributed by atoms with Crippen molar-refractivity contribution in [1.29, 1.82) is 0 Å². The number of nitrogens with zero attached hydrogens (tertiary/aromatic N) is 1. The maximum atomic E-state index is 11.0. The third-order valence-corrected chi connectivity index (χ3v) is 3.13. The van der Waals surface area contributed by atoms with Crippen LogP contribution in [0.1, 0.15) is 11.1 Å². The first-order valence-corrected chi connectivity index (χ1v) is 6.45. The highest BCUT2D eigenvalue weighted by Crippen LogP contribution is 2.07. The van der Waals surface area contributed by atoms with Crippen LogP contribution in [0.25, 0.3) is 0 Å². The van der Waals surface area contributed by atoms with E-state index in [0.29, 0.717) is 6.54 Å². The molecule has 5 nitrogen and oxygen atoms in total. The zero-order valence-electron chi connectivity index (χ0n) is 9.55. The number of benzene rings is 1. The van der Waals surface area contributed by atoms with Gasteiger partial charge in [0.2, 0.25) is 0 Å². The summed E-state index contributed by atoms with van der Waals surface area (Å²) < 4.78 is 23.1. The normalized spacial score (nSPS) is 11.1. The van der Waals surface area contributed by atoms with Gasteiger partial charge >= 0.3 is 0 Å². The number of nitrogens with two attached hydrogens (primary N) is 2. The van der Waals surface area contributed by atoms with Crippen LogP contribution in [-0.4, -0.2) is 26.3 Å². The Balaban J connectivity index is 2.75. The molecule has 0 amide bonds. The highest BCUT2D eigenvalue weighted by Gasteiger charge is 2.11. The Morgan fingerprint density at radius 2 is 1.88 bits per heavy atom. The minimum atomic E-state index is -3.64. The molecule has 1 aromatic carbocycles. The van der Waals surface area contributed by atoms with Crippen molar-refractivity contribution in [2.75, 3.05) is 13.6 Å². The predicted octanol–water partition coefficient (Wildman–Crippen LogP) is -0.368. The van der Waals surface area contributed by atoms with Gasteiger partial charge in [0.05, 0.1) is 6.54 Å². The van der Waals surface area contributed by atoms with Gasteiger partial charge < -0.3 is 5.73 Å². The topological polar surface area (TPSA) is 89.4 Å². The van der Waals surface area contributed by atoms with Crippen molar-refractivity contribution in [3.8, 4) is 11.8 Å². The zero-order valence-corrected chi connectivity index (χ0v) is 10.4. The van der Waals surface area contributed by atoms with Gasteiger partial charge in [-0.15, -0.1) is 0 Å². The van der Waals surface area contributed by atoms with Crippen LogP contribution in [0.4, 0.5) is 0 Å². The summed E-state index contributed by atoms with van der Waals surface area (Å²) in [6, 6.07) is 7.24. The molecule has 6 heteroatoms. The molecule has 0 saturated heterocycles. The van der Waals surface area contributed by atoms with E-state index in [1.54, 1.807) is 0 Å². The Morgan fingerprint density at radius 3 is 2.35 bits per heavy atom. The summed E-state index contributed by atoms with van der Waals surface area (Å²) >= 11 is 0. The van der Waals surface area contributed by atoms with Crippen molar-refractivity contribution in [2.45, 2.75) is 6.54 Å². The number of hydrogen-bond acceptors (Lipinski definition) is 3. The van der Waals surface area contributed by atoms with Gasteiger partial charge in [0.15, 0.2) is 0 Å². The van der Waals surface area contributed by atoms with Crippen LogP contribution in [0.15, 0.2) is 24.3 Å². The van der Waals surface area contributed by atoms with Gasteiger partial charge in [-0.2, -0.15) is 12.7 Å². The van der Waals surface area contributed by atoms with Crippen LogP contribution >= 0.6 is 0 Å². The maximum absolute atomic E-state index is 11.0. The van der Waals surface area contributed by atoms with Crippen molar-refractivity contribution < 1.29 is 8.42 Å². The van der Waals surface area contributed by atoms with E-state index in [4.69, 9.17) is 10.9 Å². The lowest BCUT2D eigenvalue weighted by atomic mass is 10.1. The van der Waals surface area contributed by atoms with E-state index >= 15 is 0 Å². The third-order valence-electron chi connectivity index (χ3n) is 2.13. The van der Waals surface area contributed by atoms with E-state index in [0.717, 1.165) is 15.4 Å². The molecule has 4 N–H and O–H groups in total. The van der Waals surface area contributed by atoms with Gasteiger partial charge in [-0.3, -0.25) is 0 Å². The molecular weight excluding hydrogens is 238 g/mol. The number of rotatable bonds is 3. The van der Waals surface area contributed by atoms with E-state index in [1.165, 1.54) is 7.05 Å². The smallest absolute Gasteiger partial charge is 0.276 e. The van der Waals surface area contributed by atoms with Crippen LogP contribution in [0.3, 0.4) is 0 Å². The fourth-order valence-electron chi connectivity index (χ4n) is 1.19. The van der Waals surface area contributed by atoms with Crippen molar-refractivity contribution in [3.05, 3.63) is 35.4 Å². The van der Waals surface area contributed by atoms with Crippen molar-refractivity contribution in [2.24, 2.45) is 10.9 Å². The standard InChI is InChI=1S/C11H15N3O2S/c1-14(17(13,15)16)9-11-6-4-10(5-7-11)3-2-8-12/h4-7H,8-9,12H2,1H3,(H2,13,15,16). The molecule has 0 atom stereocenters. The Bertz CT molecular complexity index is 526. The first-order chi connectivity index (χ1) is 7.93. The highest BCUT2D eigenvalue weighted by atomic mass is 32.2. The van der Waals surface area contributed by atoms with Crippen LogP contribution in [0, 0.1) is 11.8 Å². The Labute approximate surface area is 102 Å². The third kappa shape index (κ3) is 4.54. The molecular formula is C11H15N3O2S. The SMILES string of the molecule is CN(Cc1ccc(C#CCN)cc1)S(N)(=O)=O. The zero-order chi connectivity index (χ0) is 12.9. The summed E-state index contributed by atoms with van der Waals surface area (Å²) in [6.07, 6.45) is 0. The molecule has 0 aliphatic rings. The molecule has 0 heterocycles. The minimum Gasteiger partial charge on any atom is -0.320 e. The fourth-order valence-corrected chi connectivity index (χ4v) is 1.52. The molecule has 92 valence electrons. The second-order valence-corrected chi connectivity index (χ2v) is 5.16. The van der Waals surface area contributed by atoms with Crippen LogP contribution in [0.2, 0.25) is 0 Å². The van der Waals surface area contributed by atoms with Crippen molar-refractivity contribution in [3.63, 3.8) is 0 Å². The lowest BCUT2D eigenvalue weighted by Crippen LogP contribution is -2.32. The summed E-state index contributed by atoms with van der Waals surface area (Å²) in [4.78, 5) is 0. The van der Waals surface area contributed by atoms with Crippen LogP contribution in [0.5, 0.6) is 0 Å². The van der Waals surface area contributed by atoms with E-state index in [9.17, 15) is 8.42 Å². The second-order valence-electron chi connectivity index (χ2n) is 3.50. The summed E-state index contributed by atoms with van der Waals surface area (Å²) in [5, 5.41) is 4.98. The lowest BCUT2D eigenvalue weighted by Gasteiger charge is -2.13. The average Bonchev–Trinajstić information content (AvgIpc) is 2.27. The lowest BCUT2D eigenvalue weighted by molar-refractivity contribution is 0.468. The highest BCUT2D eigenvalue weighted by molar-refractivity contribution is 7.86. The first-order valence-electron chi connectivity index (χ1n) is 4.95. The summed E-state index contributed by atoms with van der Waals surface area (Å²) in [5.41, 5.74) is 6.95. The molecule has 0 aliphatic heterocycles. The first kappa shape index (κ1) is 13.7. The van der Waals surface area contributed by atoms with E-state index in [-0.39, 0.29) is 6.54 Å². The summed E-state index contributed by atoms with van der Waals surface area (Å²) in [5.74, 6) is 5.62. The van der Waals surface area contributed by atoms with E-state index in [1.807, 2.05) is 24.3 Å². The largest absolute Gasteiger partial charge is 0.320 e. The molecule has 0 aromatic heterocycles. The monoisotopic (exact) mass is 253 g/mol. The molecule has 0 unspecified atom stereocenters. The van der Waals surface area contributed by atoms with Gasteiger partial charge in [0.1, 0.15) is 0 Å². The second kappa shape index (κ2) is 5.80.